The first-order valence-electron chi connectivity index (χ1n) is 8.37. The SMILES string of the molecule is COc1ccccc1CNC(=O)CCS(=O)(=O)c1ccc2nc(C)sc2c1. The lowest BCUT2D eigenvalue weighted by Gasteiger charge is -2.10. The summed E-state index contributed by atoms with van der Waals surface area (Å²) in [6.07, 6.45) is -0.1000. The molecular formula is C19H20N2O4S2. The number of nitrogens with zero attached hydrogens (tertiary/aromatic N) is 1. The van der Waals surface area contributed by atoms with Gasteiger partial charge in [0.25, 0.3) is 0 Å². The quantitative estimate of drug-likeness (QED) is 0.654. The Kier molecular flexibility index (Phi) is 5.76. The van der Waals surface area contributed by atoms with E-state index in [1.165, 1.54) is 11.3 Å². The number of benzene rings is 2. The molecule has 0 bridgehead atoms. The topological polar surface area (TPSA) is 85.4 Å². The first-order chi connectivity index (χ1) is 12.9. The standard InChI is InChI=1S/C19H20N2O4S2/c1-13-21-16-8-7-15(11-18(16)26-13)27(23,24)10-9-19(22)20-12-14-5-3-4-6-17(14)25-2/h3-8,11H,9-10,12H2,1-2H3,(H,20,22). The van der Waals surface area contributed by atoms with Crippen LogP contribution in [0.25, 0.3) is 10.2 Å². The van der Waals surface area contributed by atoms with Gasteiger partial charge in [0.05, 0.1) is 33.0 Å². The highest BCUT2D eigenvalue weighted by atomic mass is 32.2. The number of thiazole rings is 1. The van der Waals surface area contributed by atoms with Gasteiger partial charge in [-0.05, 0) is 31.2 Å². The van der Waals surface area contributed by atoms with Crippen molar-refractivity contribution in [1.82, 2.24) is 10.3 Å². The Labute approximate surface area is 162 Å². The van der Waals surface area contributed by atoms with E-state index in [2.05, 4.69) is 10.3 Å². The van der Waals surface area contributed by atoms with Crippen LogP contribution in [0.4, 0.5) is 0 Å². The average Bonchev–Trinajstić information content (AvgIpc) is 3.04. The molecule has 8 heteroatoms. The molecule has 0 aliphatic rings. The van der Waals surface area contributed by atoms with Gasteiger partial charge in [0.2, 0.25) is 5.91 Å². The van der Waals surface area contributed by atoms with Gasteiger partial charge >= 0.3 is 0 Å². The number of ether oxygens (including phenoxy) is 1. The minimum absolute atomic E-state index is 0.1000. The summed E-state index contributed by atoms with van der Waals surface area (Å²) in [7, 11) is -1.98. The van der Waals surface area contributed by atoms with Crippen LogP contribution in [0.3, 0.4) is 0 Å². The van der Waals surface area contributed by atoms with Crippen LogP contribution in [-0.4, -0.2) is 32.2 Å². The van der Waals surface area contributed by atoms with Crippen molar-refractivity contribution in [2.45, 2.75) is 24.8 Å². The number of nitrogens with one attached hydrogen (secondary N) is 1. The molecule has 0 fully saturated rings. The molecule has 1 amide bonds. The summed E-state index contributed by atoms with van der Waals surface area (Å²) >= 11 is 1.45. The molecule has 142 valence electrons. The van der Waals surface area contributed by atoms with Crippen molar-refractivity contribution in [3.63, 3.8) is 0 Å². The van der Waals surface area contributed by atoms with Gasteiger partial charge < -0.3 is 10.1 Å². The lowest BCUT2D eigenvalue weighted by molar-refractivity contribution is -0.120. The molecule has 1 N–H and O–H groups in total. The van der Waals surface area contributed by atoms with Crippen molar-refractivity contribution in [2.75, 3.05) is 12.9 Å². The first-order valence-corrected chi connectivity index (χ1v) is 10.8. The predicted octanol–water partition coefficient (Wildman–Crippen LogP) is 3.09. The summed E-state index contributed by atoms with van der Waals surface area (Å²) in [4.78, 5) is 16.6. The van der Waals surface area contributed by atoms with Crippen molar-refractivity contribution >= 4 is 37.3 Å². The van der Waals surface area contributed by atoms with E-state index in [1.807, 2.05) is 31.2 Å². The zero-order chi connectivity index (χ0) is 19.4. The Balaban J connectivity index is 1.61. The molecule has 0 spiro atoms. The monoisotopic (exact) mass is 404 g/mol. The van der Waals surface area contributed by atoms with E-state index in [-0.39, 0.29) is 29.5 Å². The second kappa shape index (κ2) is 8.06. The summed E-state index contributed by atoms with van der Waals surface area (Å²) < 4.78 is 31.2. The fraction of sp³-hybridized carbons (Fsp3) is 0.263. The largest absolute Gasteiger partial charge is 0.496 e. The number of hydrogen-bond acceptors (Lipinski definition) is 6. The second-order valence-corrected chi connectivity index (χ2v) is 9.36. The smallest absolute Gasteiger partial charge is 0.221 e. The minimum Gasteiger partial charge on any atom is -0.496 e. The average molecular weight is 405 g/mol. The summed E-state index contributed by atoms with van der Waals surface area (Å²) in [5, 5.41) is 3.62. The Morgan fingerprint density at radius 2 is 2.00 bits per heavy atom. The lowest BCUT2D eigenvalue weighted by atomic mass is 10.2. The number of aryl methyl sites for hydroxylation is 1. The number of rotatable bonds is 7. The third kappa shape index (κ3) is 4.64. The zero-order valence-corrected chi connectivity index (χ0v) is 16.7. The fourth-order valence-electron chi connectivity index (χ4n) is 2.69. The Morgan fingerprint density at radius 3 is 2.78 bits per heavy atom. The van der Waals surface area contributed by atoms with Crippen LogP contribution in [0.5, 0.6) is 5.75 Å². The molecule has 1 heterocycles. The molecule has 27 heavy (non-hydrogen) atoms. The Morgan fingerprint density at radius 1 is 1.22 bits per heavy atom. The van der Waals surface area contributed by atoms with E-state index >= 15 is 0 Å². The fourth-order valence-corrected chi connectivity index (χ4v) is 4.89. The molecule has 0 saturated heterocycles. The molecule has 0 aliphatic carbocycles. The van der Waals surface area contributed by atoms with Crippen LogP contribution in [0.15, 0.2) is 47.4 Å². The van der Waals surface area contributed by atoms with E-state index in [0.717, 1.165) is 20.8 Å². The summed E-state index contributed by atoms with van der Waals surface area (Å²) in [6, 6.07) is 12.2. The van der Waals surface area contributed by atoms with Crippen LogP contribution in [0.1, 0.15) is 17.0 Å². The number of hydrogen-bond donors (Lipinski definition) is 1. The van der Waals surface area contributed by atoms with Gasteiger partial charge in [0.1, 0.15) is 5.75 Å². The van der Waals surface area contributed by atoms with Crippen LogP contribution < -0.4 is 10.1 Å². The molecule has 0 aliphatic heterocycles. The van der Waals surface area contributed by atoms with Crippen LogP contribution in [-0.2, 0) is 21.2 Å². The highest BCUT2D eigenvalue weighted by Gasteiger charge is 2.18. The maximum atomic E-state index is 12.5. The van der Waals surface area contributed by atoms with Gasteiger partial charge in [-0.3, -0.25) is 4.79 Å². The maximum absolute atomic E-state index is 12.5. The van der Waals surface area contributed by atoms with Crippen LogP contribution in [0.2, 0.25) is 0 Å². The Hall–Kier alpha value is -2.45. The van der Waals surface area contributed by atoms with Gasteiger partial charge in [0, 0.05) is 18.5 Å². The second-order valence-electron chi connectivity index (χ2n) is 6.02. The number of carbonyl (C=O) groups is 1. The summed E-state index contributed by atoms with van der Waals surface area (Å²) in [6.45, 7) is 2.17. The number of para-hydroxylation sites is 1. The van der Waals surface area contributed by atoms with Crippen molar-refractivity contribution in [3.05, 3.63) is 53.0 Å². The predicted molar refractivity (Wildman–Crippen MR) is 106 cm³/mol. The molecule has 0 atom stereocenters. The normalized spacial score (nSPS) is 11.5. The third-order valence-corrected chi connectivity index (χ3v) is 6.74. The molecular weight excluding hydrogens is 384 g/mol. The van der Waals surface area contributed by atoms with Crippen molar-refractivity contribution in [2.24, 2.45) is 0 Å². The Bertz CT molecular complexity index is 1070. The lowest BCUT2D eigenvalue weighted by Crippen LogP contribution is -2.25. The number of amides is 1. The molecule has 1 aromatic heterocycles. The molecule has 0 saturated carbocycles. The van der Waals surface area contributed by atoms with E-state index in [9.17, 15) is 13.2 Å². The summed E-state index contributed by atoms with van der Waals surface area (Å²) in [5.74, 6) is 0.117. The molecule has 0 radical (unpaired) electrons. The highest BCUT2D eigenvalue weighted by molar-refractivity contribution is 7.91. The maximum Gasteiger partial charge on any atom is 0.221 e. The van der Waals surface area contributed by atoms with Crippen LogP contribution in [0, 0.1) is 6.92 Å². The van der Waals surface area contributed by atoms with Gasteiger partial charge in [0.15, 0.2) is 9.84 Å². The highest BCUT2D eigenvalue weighted by Crippen LogP contribution is 2.25. The molecule has 3 rings (SSSR count). The van der Waals surface area contributed by atoms with Crippen molar-refractivity contribution in [3.8, 4) is 5.75 Å². The number of sulfone groups is 1. The van der Waals surface area contributed by atoms with Crippen molar-refractivity contribution < 1.29 is 17.9 Å². The number of aromatic nitrogens is 1. The van der Waals surface area contributed by atoms with Gasteiger partial charge in [-0.1, -0.05) is 18.2 Å². The number of fused-ring (bicyclic) bond motifs is 1. The first kappa shape index (κ1) is 19.3. The van der Waals surface area contributed by atoms with E-state index in [4.69, 9.17) is 4.74 Å². The molecule has 3 aromatic rings. The van der Waals surface area contributed by atoms with Crippen molar-refractivity contribution in [1.29, 1.82) is 0 Å². The molecule has 2 aromatic carbocycles. The van der Waals surface area contributed by atoms with Gasteiger partial charge in [-0.15, -0.1) is 11.3 Å². The third-order valence-electron chi connectivity index (χ3n) is 4.09. The van der Waals surface area contributed by atoms with Gasteiger partial charge in [-0.2, -0.15) is 0 Å². The minimum atomic E-state index is -3.54. The molecule has 0 unspecified atom stereocenters. The molecule has 6 nitrogen and oxygen atoms in total. The zero-order valence-electron chi connectivity index (χ0n) is 15.1. The van der Waals surface area contributed by atoms with Crippen LogP contribution >= 0.6 is 11.3 Å². The van der Waals surface area contributed by atoms with Gasteiger partial charge in [-0.25, -0.2) is 13.4 Å². The van der Waals surface area contributed by atoms with E-state index < -0.39 is 9.84 Å². The summed E-state index contributed by atoms with van der Waals surface area (Å²) in [5.41, 5.74) is 1.62. The number of methoxy groups -OCH3 is 1. The number of carbonyl (C=O) groups excluding carboxylic acids is 1. The van der Waals surface area contributed by atoms with E-state index in [0.29, 0.717) is 5.75 Å². The van der Waals surface area contributed by atoms with E-state index in [1.54, 1.807) is 25.3 Å².